The number of hydrogen-bond donors (Lipinski definition) is 3. The number of amides is 1. The largest absolute Gasteiger partial charge is 0.394 e. The molecule has 0 rings (SSSR count). The van der Waals surface area contributed by atoms with Gasteiger partial charge in [-0.25, -0.2) is 0 Å². The first kappa shape index (κ1) is 49.5. The molecule has 53 heavy (non-hydrogen) atoms. The second-order valence-corrected chi connectivity index (χ2v) is 13.3. The smallest absolute Gasteiger partial charge is 0.220 e. The highest BCUT2D eigenvalue weighted by Crippen LogP contribution is 2.10. The van der Waals surface area contributed by atoms with Crippen molar-refractivity contribution in [1.29, 1.82) is 0 Å². The molecule has 0 saturated carbocycles. The first-order valence-electron chi connectivity index (χ1n) is 20.9. The van der Waals surface area contributed by atoms with Gasteiger partial charge in [-0.1, -0.05) is 186 Å². The fourth-order valence-electron chi connectivity index (χ4n) is 5.19. The van der Waals surface area contributed by atoms with Crippen LogP contribution in [-0.4, -0.2) is 34.9 Å². The third-order valence-corrected chi connectivity index (χ3v) is 8.39. The van der Waals surface area contributed by atoms with Crippen LogP contribution in [0.15, 0.2) is 134 Å². The highest BCUT2D eigenvalue weighted by molar-refractivity contribution is 5.76. The maximum Gasteiger partial charge on any atom is 0.220 e. The third kappa shape index (κ3) is 39.6. The van der Waals surface area contributed by atoms with Gasteiger partial charge in [0.05, 0.1) is 18.8 Å². The summed E-state index contributed by atoms with van der Waals surface area (Å²) in [5.41, 5.74) is 0. The van der Waals surface area contributed by atoms with Crippen LogP contribution in [0, 0.1) is 0 Å². The van der Waals surface area contributed by atoms with Gasteiger partial charge >= 0.3 is 0 Å². The van der Waals surface area contributed by atoms with Crippen molar-refractivity contribution in [2.45, 2.75) is 161 Å². The summed E-state index contributed by atoms with van der Waals surface area (Å²) in [6.07, 6.45) is 68.9. The van der Waals surface area contributed by atoms with Gasteiger partial charge in [0.1, 0.15) is 0 Å². The van der Waals surface area contributed by atoms with Crippen molar-refractivity contribution >= 4 is 5.91 Å². The van der Waals surface area contributed by atoms with Crippen LogP contribution in [0.5, 0.6) is 0 Å². The Morgan fingerprint density at radius 3 is 1.23 bits per heavy atom. The highest BCUT2D eigenvalue weighted by Gasteiger charge is 2.17. The molecule has 296 valence electrons. The van der Waals surface area contributed by atoms with Crippen LogP contribution in [0.2, 0.25) is 0 Å². The fraction of sp³-hybridized carbons (Fsp3) is 0.531. The summed E-state index contributed by atoms with van der Waals surface area (Å²) in [5.74, 6) is -0.0965. The molecule has 0 aliphatic carbocycles. The minimum Gasteiger partial charge on any atom is -0.394 e. The van der Waals surface area contributed by atoms with E-state index >= 15 is 0 Å². The third-order valence-electron chi connectivity index (χ3n) is 8.39. The number of hydrogen-bond acceptors (Lipinski definition) is 3. The topological polar surface area (TPSA) is 69.6 Å². The molecule has 0 aliphatic rings. The van der Waals surface area contributed by atoms with Gasteiger partial charge in [0.15, 0.2) is 0 Å². The van der Waals surface area contributed by atoms with Crippen molar-refractivity contribution in [3.63, 3.8) is 0 Å². The second-order valence-electron chi connectivity index (χ2n) is 13.3. The summed E-state index contributed by atoms with van der Waals surface area (Å²) in [6, 6.07) is -0.635. The van der Waals surface area contributed by atoms with E-state index in [1.54, 1.807) is 6.08 Å². The average molecular weight is 728 g/mol. The Bertz CT molecular complexity index is 1140. The second kappa shape index (κ2) is 42.9. The molecule has 0 fully saturated rings. The lowest BCUT2D eigenvalue weighted by Crippen LogP contribution is -2.45. The summed E-state index contributed by atoms with van der Waals surface area (Å²) in [4.78, 5) is 12.2. The van der Waals surface area contributed by atoms with Crippen LogP contribution >= 0.6 is 0 Å². The number of nitrogens with one attached hydrogen (secondary N) is 1. The Labute approximate surface area is 326 Å². The van der Waals surface area contributed by atoms with Crippen LogP contribution < -0.4 is 5.32 Å². The first-order valence-corrected chi connectivity index (χ1v) is 20.9. The van der Waals surface area contributed by atoms with Crippen LogP contribution in [0.1, 0.15) is 149 Å². The molecule has 0 aromatic carbocycles. The maximum absolute atomic E-state index is 12.2. The number of carbonyl (C=O) groups excluding carboxylic acids is 1. The van der Waals surface area contributed by atoms with Gasteiger partial charge in [0, 0.05) is 6.42 Å². The average Bonchev–Trinajstić information content (AvgIpc) is 3.16. The molecule has 0 bridgehead atoms. The van der Waals surface area contributed by atoms with E-state index in [2.05, 4.69) is 141 Å². The normalized spacial score (nSPS) is 14.4. The quantitative estimate of drug-likeness (QED) is 0.0450. The van der Waals surface area contributed by atoms with Gasteiger partial charge < -0.3 is 15.5 Å². The molecular weight excluding hydrogens is 651 g/mol. The van der Waals surface area contributed by atoms with Crippen LogP contribution in [0.3, 0.4) is 0 Å². The van der Waals surface area contributed by atoms with Crippen molar-refractivity contribution in [1.82, 2.24) is 5.32 Å². The number of aliphatic hydroxyl groups excluding tert-OH is 2. The van der Waals surface area contributed by atoms with Crippen molar-refractivity contribution in [3.8, 4) is 0 Å². The standard InChI is InChI=1S/C49H77NO3/c1-3-5-7-9-10-11-12-13-14-15-16-17-18-19-20-21-22-23-24-25-26-27-28-29-30-31-32-33-34-35-36-37-38-39-40-41-43-45-49(53)50-47(46-51)48(52)44-42-8-6-4-2/h5,7,10-11,13-14,16-17,19-20,22-23,25-26,28-29,31-32,34-35,42,44,47-48,51-52H,3-4,6,8-9,12,15,18,21,24,27,30,33,36-41,43,45-46H2,1-2H3,(H,50,53)/b7-5-,11-10-,14-13-,17-16-,20-19-,23-22-,26-25-,29-28-,32-31-,35-34-,44-42+. The minimum absolute atomic E-state index is 0.0965. The van der Waals surface area contributed by atoms with Crippen LogP contribution in [-0.2, 0) is 4.79 Å². The van der Waals surface area contributed by atoms with Gasteiger partial charge in [-0.05, 0) is 89.9 Å². The summed E-state index contributed by atoms with van der Waals surface area (Å²) in [5, 5.41) is 22.5. The van der Waals surface area contributed by atoms with E-state index < -0.39 is 12.1 Å². The first-order chi connectivity index (χ1) is 26.2. The summed E-state index contributed by atoms with van der Waals surface area (Å²) >= 11 is 0. The number of unbranched alkanes of at least 4 members (excludes halogenated alkanes) is 8. The highest BCUT2D eigenvalue weighted by atomic mass is 16.3. The molecule has 0 aromatic rings. The summed E-state index contributed by atoms with van der Waals surface area (Å²) in [6.45, 7) is 4.02. The fourth-order valence-corrected chi connectivity index (χ4v) is 5.19. The van der Waals surface area contributed by atoms with Crippen molar-refractivity contribution in [2.24, 2.45) is 0 Å². The van der Waals surface area contributed by atoms with Gasteiger partial charge in [-0.3, -0.25) is 4.79 Å². The molecule has 0 radical (unpaired) electrons. The van der Waals surface area contributed by atoms with Gasteiger partial charge in [0.25, 0.3) is 0 Å². The van der Waals surface area contributed by atoms with Crippen molar-refractivity contribution < 1.29 is 15.0 Å². The molecule has 0 aromatic heterocycles. The maximum atomic E-state index is 12.2. The Balaban J connectivity index is 3.66. The van der Waals surface area contributed by atoms with E-state index in [9.17, 15) is 15.0 Å². The Hall–Kier alpha value is -3.47. The lowest BCUT2D eigenvalue weighted by molar-refractivity contribution is -0.123. The zero-order valence-corrected chi connectivity index (χ0v) is 33.7. The monoisotopic (exact) mass is 728 g/mol. The lowest BCUT2D eigenvalue weighted by Gasteiger charge is -2.19. The molecule has 3 N–H and O–H groups in total. The van der Waals surface area contributed by atoms with Crippen LogP contribution in [0.25, 0.3) is 0 Å². The lowest BCUT2D eigenvalue weighted by atomic mass is 10.1. The Morgan fingerprint density at radius 2 is 0.830 bits per heavy atom. The summed E-state index contributed by atoms with van der Waals surface area (Å²) < 4.78 is 0. The van der Waals surface area contributed by atoms with Crippen LogP contribution in [0.4, 0.5) is 0 Å². The number of carbonyl (C=O) groups is 1. The molecule has 0 spiro atoms. The van der Waals surface area contributed by atoms with Gasteiger partial charge in [-0.2, -0.15) is 0 Å². The van der Waals surface area contributed by atoms with E-state index in [0.29, 0.717) is 6.42 Å². The predicted octanol–water partition coefficient (Wildman–Crippen LogP) is 13.2. The molecule has 1 amide bonds. The molecule has 2 atom stereocenters. The molecule has 0 heterocycles. The molecule has 2 unspecified atom stereocenters. The van der Waals surface area contributed by atoms with Crippen molar-refractivity contribution in [3.05, 3.63) is 134 Å². The Morgan fingerprint density at radius 1 is 0.472 bits per heavy atom. The molecule has 4 heteroatoms. The van der Waals surface area contributed by atoms with E-state index in [0.717, 1.165) is 109 Å². The molecule has 0 saturated heterocycles. The van der Waals surface area contributed by atoms with E-state index in [4.69, 9.17) is 0 Å². The number of aliphatic hydroxyl groups is 2. The zero-order valence-electron chi connectivity index (χ0n) is 33.7. The van der Waals surface area contributed by atoms with Crippen molar-refractivity contribution in [2.75, 3.05) is 6.61 Å². The molecule has 4 nitrogen and oxygen atoms in total. The minimum atomic E-state index is -0.850. The SMILES string of the molecule is CC/C=C\C/C=C\C/C=C\C/C=C\C/C=C\C/C=C\C/C=C\C/C=C\C/C=C\C/C=C\CCCCCCCCC(=O)NC(CO)C(O)/C=C/CCCC. The van der Waals surface area contributed by atoms with Gasteiger partial charge in [0.2, 0.25) is 5.91 Å². The summed E-state index contributed by atoms with van der Waals surface area (Å²) in [7, 11) is 0. The number of allylic oxidation sites excluding steroid dienone is 21. The number of rotatable bonds is 35. The van der Waals surface area contributed by atoms with E-state index in [1.807, 2.05) is 6.08 Å². The van der Waals surface area contributed by atoms with E-state index in [-0.39, 0.29) is 12.5 Å². The van der Waals surface area contributed by atoms with E-state index in [1.165, 1.54) is 19.3 Å². The zero-order chi connectivity index (χ0) is 38.6. The predicted molar refractivity (Wildman–Crippen MR) is 234 cm³/mol. The van der Waals surface area contributed by atoms with Gasteiger partial charge in [-0.15, -0.1) is 0 Å². The molecular formula is C49H77NO3. The molecule has 0 aliphatic heterocycles. The Kier molecular flexibility index (Phi) is 40.1.